The number of nitrogens with zero attached hydrogens (tertiary/aromatic N) is 1. The number of hydrogen-bond acceptors (Lipinski definition) is 4. The molecule has 1 amide bonds. The molecule has 28 heavy (non-hydrogen) atoms. The van der Waals surface area contributed by atoms with Crippen molar-refractivity contribution in [1.82, 2.24) is 4.98 Å². The van der Waals surface area contributed by atoms with Gasteiger partial charge in [-0.3, -0.25) is 10.3 Å². The van der Waals surface area contributed by atoms with Gasteiger partial charge in [-0.25, -0.2) is 4.79 Å². The van der Waals surface area contributed by atoms with Crippen LogP contribution in [0.25, 0.3) is 22.3 Å². The number of furan rings is 1. The van der Waals surface area contributed by atoms with E-state index in [4.69, 9.17) is 9.15 Å². The second-order valence-corrected chi connectivity index (χ2v) is 7.18. The molecule has 0 saturated carbocycles. The van der Waals surface area contributed by atoms with Crippen molar-refractivity contribution in [3.05, 3.63) is 83.1 Å². The smallest absolute Gasteiger partial charge is 0.412 e. The Morgan fingerprint density at radius 2 is 1.86 bits per heavy atom. The molecule has 4 aromatic rings. The standard InChI is InChI=1S/C22H17BrN2O3/c1-14(15-5-3-2-4-6-15)27-22(26)25-20-18-11-12-24-13-19(18)28-21(20)16-7-9-17(23)10-8-16/h2-14H,1H3,(H,25,26)/t14-/m1/s1. The number of halogens is 1. The van der Waals surface area contributed by atoms with Gasteiger partial charge < -0.3 is 9.15 Å². The van der Waals surface area contributed by atoms with Gasteiger partial charge in [0.05, 0.1) is 11.9 Å². The fourth-order valence-electron chi connectivity index (χ4n) is 2.96. The number of carbonyl (C=O) groups excluding carboxylic acids is 1. The van der Waals surface area contributed by atoms with Gasteiger partial charge in [0.15, 0.2) is 11.3 Å². The number of rotatable bonds is 4. The molecule has 2 heterocycles. The predicted molar refractivity (Wildman–Crippen MR) is 112 cm³/mol. The zero-order valence-corrected chi connectivity index (χ0v) is 16.6. The molecule has 0 aliphatic carbocycles. The quantitative estimate of drug-likeness (QED) is 0.392. The third-order valence-electron chi connectivity index (χ3n) is 4.38. The molecule has 140 valence electrons. The molecule has 0 spiro atoms. The molecular weight excluding hydrogens is 420 g/mol. The summed E-state index contributed by atoms with van der Waals surface area (Å²) in [5, 5.41) is 3.61. The number of fused-ring (bicyclic) bond motifs is 1. The Labute approximate surface area is 170 Å². The van der Waals surface area contributed by atoms with Crippen molar-refractivity contribution in [2.45, 2.75) is 13.0 Å². The number of carbonyl (C=O) groups is 1. The summed E-state index contributed by atoms with van der Waals surface area (Å²) < 4.78 is 12.5. The van der Waals surface area contributed by atoms with Crippen molar-refractivity contribution < 1.29 is 13.9 Å². The van der Waals surface area contributed by atoms with E-state index in [1.165, 1.54) is 0 Å². The topological polar surface area (TPSA) is 64.4 Å². The summed E-state index contributed by atoms with van der Waals surface area (Å²) in [6.07, 6.45) is 2.36. The summed E-state index contributed by atoms with van der Waals surface area (Å²) in [4.78, 5) is 16.7. The molecule has 0 aliphatic heterocycles. The zero-order valence-electron chi connectivity index (χ0n) is 15.1. The Bertz CT molecular complexity index is 1110. The molecule has 5 nitrogen and oxygen atoms in total. The van der Waals surface area contributed by atoms with Gasteiger partial charge in [-0.2, -0.15) is 0 Å². The fraction of sp³-hybridized carbons (Fsp3) is 0.0909. The van der Waals surface area contributed by atoms with Crippen LogP contribution in [0.2, 0.25) is 0 Å². The first-order valence-corrected chi connectivity index (χ1v) is 9.56. The molecule has 2 aromatic carbocycles. The van der Waals surface area contributed by atoms with Crippen LogP contribution >= 0.6 is 15.9 Å². The highest BCUT2D eigenvalue weighted by molar-refractivity contribution is 9.10. The molecule has 0 unspecified atom stereocenters. The summed E-state index contributed by atoms with van der Waals surface area (Å²) in [7, 11) is 0. The molecule has 0 saturated heterocycles. The van der Waals surface area contributed by atoms with E-state index in [9.17, 15) is 4.79 Å². The lowest BCUT2D eigenvalue weighted by molar-refractivity contribution is 0.121. The van der Waals surface area contributed by atoms with Gasteiger partial charge in [-0.1, -0.05) is 58.4 Å². The van der Waals surface area contributed by atoms with Gasteiger partial charge in [0.2, 0.25) is 0 Å². The van der Waals surface area contributed by atoms with Gasteiger partial charge >= 0.3 is 6.09 Å². The number of aromatic nitrogens is 1. The maximum Gasteiger partial charge on any atom is 0.412 e. The second-order valence-electron chi connectivity index (χ2n) is 6.27. The van der Waals surface area contributed by atoms with Gasteiger partial charge in [0, 0.05) is 21.6 Å². The van der Waals surface area contributed by atoms with Gasteiger partial charge in [0.1, 0.15) is 6.10 Å². The molecule has 0 radical (unpaired) electrons. The van der Waals surface area contributed by atoms with Gasteiger partial charge in [0.25, 0.3) is 0 Å². The number of hydrogen-bond donors (Lipinski definition) is 1. The summed E-state index contributed by atoms with van der Waals surface area (Å²) in [6.45, 7) is 1.84. The first-order valence-electron chi connectivity index (χ1n) is 8.77. The van der Waals surface area contributed by atoms with E-state index in [-0.39, 0.29) is 6.10 Å². The first kappa shape index (κ1) is 18.3. The highest BCUT2D eigenvalue weighted by Gasteiger charge is 2.20. The Hall–Kier alpha value is -3.12. The largest absolute Gasteiger partial charge is 0.452 e. The summed E-state index contributed by atoms with van der Waals surface area (Å²) in [6, 6.07) is 19.1. The Kier molecular flexibility index (Phi) is 5.12. The first-order chi connectivity index (χ1) is 13.6. The van der Waals surface area contributed by atoms with Crippen LogP contribution < -0.4 is 5.32 Å². The lowest BCUT2D eigenvalue weighted by Gasteiger charge is -2.14. The normalized spacial score (nSPS) is 11.9. The molecule has 0 fully saturated rings. The lowest BCUT2D eigenvalue weighted by atomic mass is 10.1. The Morgan fingerprint density at radius 1 is 1.11 bits per heavy atom. The van der Waals surface area contributed by atoms with Crippen LogP contribution in [0.1, 0.15) is 18.6 Å². The van der Waals surface area contributed by atoms with Crippen LogP contribution in [-0.4, -0.2) is 11.1 Å². The number of ether oxygens (including phenoxy) is 1. The molecule has 0 bridgehead atoms. The average molecular weight is 437 g/mol. The SMILES string of the molecule is C[C@@H](OC(=O)Nc1c(-c2ccc(Br)cc2)oc2cnccc12)c1ccccc1. The fourth-order valence-corrected chi connectivity index (χ4v) is 3.23. The van der Waals surface area contributed by atoms with Crippen molar-refractivity contribution in [2.75, 3.05) is 5.32 Å². The minimum absolute atomic E-state index is 0.378. The summed E-state index contributed by atoms with van der Waals surface area (Å²) in [5.41, 5.74) is 2.91. The molecule has 2 aromatic heterocycles. The lowest BCUT2D eigenvalue weighted by Crippen LogP contribution is -2.16. The molecule has 1 atom stereocenters. The van der Waals surface area contributed by atoms with Crippen molar-refractivity contribution in [3.63, 3.8) is 0 Å². The van der Waals surface area contributed by atoms with Crippen molar-refractivity contribution >= 4 is 38.7 Å². The second kappa shape index (κ2) is 7.86. The predicted octanol–water partition coefficient (Wildman–Crippen LogP) is 6.57. The van der Waals surface area contributed by atoms with Gasteiger partial charge in [-0.15, -0.1) is 0 Å². The molecule has 1 N–H and O–H groups in total. The average Bonchev–Trinajstić information content (AvgIpc) is 3.07. The van der Waals surface area contributed by atoms with E-state index < -0.39 is 6.09 Å². The van der Waals surface area contributed by atoms with Crippen molar-refractivity contribution in [3.8, 4) is 11.3 Å². The monoisotopic (exact) mass is 436 g/mol. The van der Waals surface area contributed by atoms with E-state index in [0.29, 0.717) is 17.0 Å². The van der Waals surface area contributed by atoms with Crippen LogP contribution in [0.3, 0.4) is 0 Å². The van der Waals surface area contributed by atoms with E-state index in [0.717, 1.165) is 21.0 Å². The highest BCUT2D eigenvalue weighted by atomic mass is 79.9. The third kappa shape index (κ3) is 3.77. The van der Waals surface area contributed by atoms with E-state index >= 15 is 0 Å². The number of amides is 1. The van der Waals surface area contributed by atoms with Crippen molar-refractivity contribution in [1.29, 1.82) is 0 Å². The minimum atomic E-state index is -0.547. The van der Waals surface area contributed by atoms with Gasteiger partial charge in [-0.05, 0) is 30.7 Å². The molecule has 0 aliphatic rings. The van der Waals surface area contributed by atoms with Crippen LogP contribution in [0, 0.1) is 0 Å². The van der Waals surface area contributed by atoms with E-state index in [2.05, 4.69) is 26.2 Å². The highest BCUT2D eigenvalue weighted by Crippen LogP contribution is 2.38. The summed E-state index contributed by atoms with van der Waals surface area (Å²) >= 11 is 3.43. The number of anilines is 1. The molecule has 6 heteroatoms. The van der Waals surface area contributed by atoms with Crippen LogP contribution in [0.4, 0.5) is 10.5 Å². The van der Waals surface area contributed by atoms with Crippen LogP contribution in [0.5, 0.6) is 0 Å². The summed E-state index contributed by atoms with van der Waals surface area (Å²) in [5.74, 6) is 0.555. The van der Waals surface area contributed by atoms with E-state index in [1.807, 2.05) is 61.5 Å². The molecule has 4 rings (SSSR count). The van der Waals surface area contributed by atoms with Crippen LogP contribution in [-0.2, 0) is 4.74 Å². The van der Waals surface area contributed by atoms with E-state index in [1.54, 1.807) is 18.5 Å². The van der Waals surface area contributed by atoms with Crippen LogP contribution in [0.15, 0.2) is 81.9 Å². The minimum Gasteiger partial charge on any atom is -0.452 e. The number of nitrogens with one attached hydrogen (secondary N) is 1. The number of benzene rings is 2. The molecular formula is C22H17BrN2O3. The third-order valence-corrected chi connectivity index (χ3v) is 4.91. The maximum absolute atomic E-state index is 12.6. The Morgan fingerprint density at radius 3 is 2.61 bits per heavy atom. The van der Waals surface area contributed by atoms with Crippen molar-refractivity contribution in [2.24, 2.45) is 0 Å². The number of pyridine rings is 1. The Balaban J connectivity index is 1.64. The maximum atomic E-state index is 12.6. The zero-order chi connectivity index (χ0) is 19.5.